The third-order valence-corrected chi connectivity index (χ3v) is 4.66. The molecule has 2 aliphatic rings. The van der Waals surface area contributed by atoms with E-state index in [0.29, 0.717) is 32.9 Å². The van der Waals surface area contributed by atoms with Gasteiger partial charge in [-0.25, -0.2) is 4.79 Å². The fraction of sp³-hybridized carbons (Fsp3) is 0.632. The van der Waals surface area contributed by atoms with Crippen LogP contribution in [0.1, 0.15) is 25.7 Å². The lowest BCUT2D eigenvalue weighted by molar-refractivity contribution is 0.0670. The molecule has 1 N–H and O–H groups in total. The van der Waals surface area contributed by atoms with Crippen LogP contribution < -0.4 is 10.1 Å². The van der Waals surface area contributed by atoms with Gasteiger partial charge in [0.1, 0.15) is 12.4 Å². The predicted octanol–water partition coefficient (Wildman–Crippen LogP) is 2.44. The molecule has 25 heavy (non-hydrogen) atoms. The molecule has 1 unspecified atom stereocenters. The first-order chi connectivity index (χ1) is 12.3. The molecule has 1 aromatic rings. The molecule has 0 saturated carbocycles. The lowest BCUT2D eigenvalue weighted by Gasteiger charge is -2.29. The lowest BCUT2D eigenvalue weighted by atomic mass is 10.1. The standard InChI is InChI=1S/C19H28N2O4/c22-19(20-16-8-12-23-13-9-16)21(15-18-7-4-11-24-18)10-14-25-17-5-2-1-3-6-17/h1-3,5-6,16,18H,4,7-15H2,(H,20,22). The van der Waals surface area contributed by atoms with E-state index in [-0.39, 0.29) is 18.2 Å². The Morgan fingerprint density at radius 3 is 2.68 bits per heavy atom. The molecular formula is C19H28N2O4. The molecule has 3 rings (SSSR count). The molecule has 0 bridgehead atoms. The summed E-state index contributed by atoms with van der Waals surface area (Å²) in [7, 11) is 0. The number of hydrogen-bond acceptors (Lipinski definition) is 4. The van der Waals surface area contributed by atoms with Crippen molar-refractivity contribution in [3.05, 3.63) is 30.3 Å². The molecule has 1 aromatic carbocycles. The summed E-state index contributed by atoms with van der Waals surface area (Å²) >= 11 is 0. The fourth-order valence-electron chi connectivity index (χ4n) is 3.21. The number of urea groups is 1. The van der Waals surface area contributed by atoms with Gasteiger partial charge in [-0.2, -0.15) is 0 Å². The highest BCUT2D eigenvalue weighted by Gasteiger charge is 2.25. The van der Waals surface area contributed by atoms with Crippen LogP contribution in [0.4, 0.5) is 4.79 Å². The number of benzene rings is 1. The molecule has 2 heterocycles. The number of nitrogens with zero attached hydrogens (tertiary/aromatic N) is 1. The minimum absolute atomic E-state index is 0.0286. The van der Waals surface area contributed by atoms with Crippen molar-refractivity contribution in [2.24, 2.45) is 0 Å². The topological polar surface area (TPSA) is 60.0 Å². The third-order valence-electron chi connectivity index (χ3n) is 4.66. The van der Waals surface area contributed by atoms with Gasteiger partial charge in [0, 0.05) is 32.4 Å². The molecule has 6 heteroatoms. The summed E-state index contributed by atoms with van der Waals surface area (Å²) in [6, 6.07) is 9.85. The predicted molar refractivity (Wildman–Crippen MR) is 94.9 cm³/mol. The first kappa shape index (κ1) is 18.0. The molecule has 2 aliphatic heterocycles. The van der Waals surface area contributed by atoms with Crippen LogP contribution in [0.3, 0.4) is 0 Å². The Morgan fingerprint density at radius 1 is 1.16 bits per heavy atom. The average Bonchev–Trinajstić information content (AvgIpc) is 3.16. The van der Waals surface area contributed by atoms with Crippen molar-refractivity contribution in [2.75, 3.05) is 39.5 Å². The number of hydrogen-bond donors (Lipinski definition) is 1. The number of carbonyl (C=O) groups excluding carboxylic acids is 1. The van der Waals surface area contributed by atoms with E-state index in [2.05, 4.69) is 5.32 Å². The molecule has 0 aromatic heterocycles. The van der Waals surface area contributed by atoms with Gasteiger partial charge in [0.15, 0.2) is 0 Å². The molecule has 2 fully saturated rings. The van der Waals surface area contributed by atoms with Crippen LogP contribution in [0.25, 0.3) is 0 Å². The number of carbonyl (C=O) groups is 1. The van der Waals surface area contributed by atoms with Crippen LogP contribution in [-0.4, -0.2) is 62.6 Å². The van der Waals surface area contributed by atoms with Crippen molar-refractivity contribution in [3.8, 4) is 5.75 Å². The second-order valence-corrected chi connectivity index (χ2v) is 6.58. The largest absolute Gasteiger partial charge is 0.492 e. The van der Waals surface area contributed by atoms with Crippen molar-refractivity contribution in [2.45, 2.75) is 37.8 Å². The number of ether oxygens (including phenoxy) is 3. The molecule has 2 saturated heterocycles. The van der Waals surface area contributed by atoms with Crippen LogP contribution in [0, 0.1) is 0 Å². The summed E-state index contributed by atoms with van der Waals surface area (Å²) in [5.74, 6) is 0.824. The highest BCUT2D eigenvalue weighted by Crippen LogP contribution is 2.15. The van der Waals surface area contributed by atoms with Gasteiger partial charge >= 0.3 is 6.03 Å². The maximum absolute atomic E-state index is 12.7. The van der Waals surface area contributed by atoms with Crippen LogP contribution in [0.15, 0.2) is 30.3 Å². The van der Waals surface area contributed by atoms with Crippen LogP contribution >= 0.6 is 0 Å². The molecule has 138 valence electrons. The normalized spacial score (nSPS) is 21.0. The van der Waals surface area contributed by atoms with E-state index in [0.717, 1.165) is 38.0 Å². The Balaban J connectivity index is 1.50. The number of para-hydroxylation sites is 1. The zero-order chi connectivity index (χ0) is 17.3. The highest BCUT2D eigenvalue weighted by atomic mass is 16.5. The molecular weight excluding hydrogens is 320 g/mol. The summed E-state index contributed by atoms with van der Waals surface area (Å²) in [5, 5.41) is 3.14. The van der Waals surface area contributed by atoms with Gasteiger partial charge in [-0.3, -0.25) is 0 Å². The first-order valence-electron chi connectivity index (χ1n) is 9.24. The summed E-state index contributed by atoms with van der Waals surface area (Å²) in [4.78, 5) is 14.5. The Kier molecular flexibility index (Phi) is 6.94. The Bertz CT molecular complexity index is 513. The number of amides is 2. The van der Waals surface area contributed by atoms with Crippen LogP contribution in [0.5, 0.6) is 5.75 Å². The fourth-order valence-corrected chi connectivity index (χ4v) is 3.21. The van der Waals surface area contributed by atoms with Crippen molar-refractivity contribution in [3.63, 3.8) is 0 Å². The van der Waals surface area contributed by atoms with E-state index < -0.39 is 0 Å². The molecule has 1 atom stereocenters. The van der Waals surface area contributed by atoms with Gasteiger partial charge in [0.2, 0.25) is 0 Å². The average molecular weight is 348 g/mol. The van der Waals surface area contributed by atoms with Gasteiger partial charge < -0.3 is 24.4 Å². The Labute approximate surface area is 149 Å². The van der Waals surface area contributed by atoms with Crippen LogP contribution in [-0.2, 0) is 9.47 Å². The SMILES string of the molecule is O=C(NC1CCOCC1)N(CCOc1ccccc1)CC1CCCO1. The van der Waals surface area contributed by atoms with Crippen molar-refractivity contribution in [1.29, 1.82) is 0 Å². The molecule has 0 spiro atoms. The molecule has 0 aliphatic carbocycles. The first-order valence-corrected chi connectivity index (χ1v) is 9.24. The van der Waals surface area contributed by atoms with Crippen molar-refractivity contribution >= 4 is 6.03 Å². The van der Waals surface area contributed by atoms with E-state index in [9.17, 15) is 4.79 Å². The maximum atomic E-state index is 12.7. The zero-order valence-electron chi connectivity index (χ0n) is 14.7. The summed E-state index contributed by atoms with van der Waals surface area (Å²) in [5.41, 5.74) is 0. The highest BCUT2D eigenvalue weighted by molar-refractivity contribution is 5.74. The zero-order valence-corrected chi connectivity index (χ0v) is 14.7. The molecule has 6 nitrogen and oxygen atoms in total. The third kappa shape index (κ3) is 5.90. The van der Waals surface area contributed by atoms with Crippen molar-refractivity contribution in [1.82, 2.24) is 10.2 Å². The smallest absolute Gasteiger partial charge is 0.317 e. The van der Waals surface area contributed by atoms with Gasteiger partial charge in [-0.05, 0) is 37.8 Å². The second kappa shape index (κ2) is 9.63. The van der Waals surface area contributed by atoms with Gasteiger partial charge in [0.25, 0.3) is 0 Å². The van der Waals surface area contributed by atoms with E-state index in [1.807, 2.05) is 35.2 Å². The number of nitrogens with one attached hydrogen (secondary N) is 1. The minimum atomic E-state index is -0.0286. The maximum Gasteiger partial charge on any atom is 0.317 e. The summed E-state index contributed by atoms with van der Waals surface area (Å²) < 4.78 is 16.8. The monoisotopic (exact) mass is 348 g/mol. The minimum Gasteiger partial charge on any atom is -0.492 e. The Morgan fingerprint density at radius 2 is 1.96 bits per heavy atom. The van der Waals surface area contributed by atoms with E-state index in [1.165, 1.54) is 0 Å². The molecule has 0 radical (unpaired) electrons. The number of rotatable bonds is 7. The van der Waals surface area contributed by atoms with Crippen molar-refractivity contribution < 1.29 is 19.0 Å². The van der Waals surface area contributed by atoms with Gasteiger partial charge in [-0.1, -0.05) is 18.2 Å². The summed E-state index contributed by atoms with van der Waals surface area (Å²) in [6.45, 7) is 3.86. The lowest BCUT2D eigenvalue weighted by Crippen LogP contribution is -2.49. The van der Waals surface area contributed by atoms with E-state index >= 15 is 0 Å². The molecule has 2 amide bonds. The van der Waals surface area contributed by atoms with E-state index in [4.69, 9.17) is 14.2 Å². The van der Waals surface area contributed by atoms with E-state index in [1.54, 1.807) is 0 Å². The second-order valence-electron chi connectivity index (χ2n) is 6.58. The quantitative estimate of drug-likeness (QED) is 0.822. The summed E-state index contributed by atoms with van der Waals surface area (Å²) in [6.07, 6.45) is 3.97. The van der Waals surface area contributed by atoms with Crippen LogP contribution in [0.2, 0.25) is 0 Å². The Hall–Kier alpha value is -1.79. The van der Waals surface area contributed by atoms with Gasteiger partial charge in [-0.15, -0.1) is 0 Å². The van der Waals surface area contributed by atoms with Gasteiger partial charge in [0.05, 0.1) is 12.6 Å².